The lowest BCUT2D eigenvalue weighted by molar-refractivity contribution is -0.371. The van der Waals surface area contributed by atoms with E-state index in [0.29, 0.717) is 0 Å². The molecule has 2 saturated heterocycles. The van der Waals surface area contributed by atoms with Crippen molar-refractivity contribution < 1.29 is 124 Å². The van der Waals surface area contributed by atoms with Gasteiger partial charge in [-0.3, -0.25) is 42.3 Å². The Morgan fingerprint density at radius 1 is 0.838 bits per heavy atom. The van der Waals surface area contributed by atoms with Gasteiger partial charge < -0.3 is 77.8 Å². The highest BCUT2D eigenvalue weighted by Gasteiger charge is 2.62. The zero-order chi connectivity index (χ0) is 55.5. The molecule has 0 aromatic rings. The standard InChI is InChI=1S/C44H64N3O26P/c1-9-14-61-30-17-28(34(56)35(57)33(30)47-22(2)49)20-63-44(43(58)60-8)18-31(73-74(59,64-15-10-12-45)65-16-11-13-46)37(36(72-44)29(55)19-48)70-42-41(69-27(7)54)40(68-26(6)53)39(67-25(5)52)38(71-42)32(66-24(4)51)21-62-23(3)50/h9,28-42,48,55-57H,1,10-11,14-21H2,2-8H3,(H,47,49)/t28-,29-,30-,31-,32+,33+,34-,35-,36-,37-,38-,39-,40+,41+,42+,44-/m1/s1. The van der Waals surface area contributed by atoms with E-state index < -0.39 is 199 Å². The normalized spacial score (nSPS) is 30.6. The fourth-order valence-electron chi connectivity index (χ4n) is 8.16. The number of rotatable bonds is 27. The number of aliphatic hydroxyl groups excluding tert-OH is 4. The first-order valence-corrected chi connectivity index (χ1v) is 24.4. The van der Waals surface area contributed by atoms with Crippen molar-refractivity contribution in [2.45, 2.75) is 159 Å². The number of hydrogen-bond acceptors (Lipinski definition) is 28. The minimum absolute atomic E-state index is 0.0766. The molecule has 29 nitrogen and oxygen atoms in total. The third-order valence-electron chi connectivity index (χ3n) is 11.1. The quantitative estimate of drug-likeness (QED) is 0.0207. The van der Waals surface area contributed by atoms with Gasteiger partial charge in [0.25, 0.3) is 5.79 Å². The van der Waals surface area contributed by atoms with Crippen LogP contribution in [0.15, 0.2) is 12.7 Å². The molecule has 2 aliphatic heterocycles. The number of esters is 6. The Balaban J connectivity index is 2.36. The molecule has 0 aromatic heterocycles. The van der Waals surface area contributed by atoms with Gasteiger partial charge in [0.2, 0.25) is 5.91 Å². The number of aliphatic hydroxyl groups is 4. The molecule has 5 N–H and O–H groups in total. The van der Waals surface area contributed by atoms with Crippen molar-refractivity contribution in [2.75, 3.05) is 46.8 Å². The molecular formula is C44H64N3O26P. The van der Waals surface area contributed by atoms with Gasteiger partial charge in [-0.2, -0.15) is 10.5 Å². The summed E-state index contributed by atoms with van der Waals surface area (Å²) < 4.78 is 94.6. The largest absolute Gasteiger partial charge is 0.475 e. The van der Waals surface area contributed by atoms with E-state index in [0.717, 1.165) is 41.7 Å². The first kappa shape index (κ1) is 63.1. The van der Waals surface area contributed by atoms with Crippen LogP contribution in [0.1, 0.15) is 67.2 Å². The first-order valence-electron chi connectivity index (χ1n) is 22.9. The van der Waals surface area contributed by atoms with E-state index in [-0.39, 0.29) is 13.0 Å². The SMILES string of the molecule is C=CCO[C@@H]1C[C@H](CO[C@]2(C(=O)OC)C[C@@H](OP(=O)(OCCC#N)OCCC#N)[C@@H](O[C@H]3O[C@H]([C@H](COC(C)=O)OC(C)=O)[C@@H](OC(C)=O)[C@H](OC(C)=O)[C@@H]3OC(C)=O)[C@@H]([C@H](O)CO)O2)[C@@H](O)[C@H](O)[C@H]1NC(C)=O. The van der Waals surface area contributed by atoms with Crippen LogP contribution in [0.25, 0.3) is 0 Å². The fourth-order valence-corrected chi connectivity index (χ4v) is 9.51. The molecule has 0 bridgehead atoms. The Morgan fingerprint density at radius 3 is 1.95 bits per heavy atom. The Kier molecular flexibility index (Phi) is 25.3. The molecule has 0 radical (unpaired) electrons. The highest BCUT2D eigenvalue weighted by atomic mass is 31.2. The Morgan fingerprint density at radius 2 is 1.43 bits per heavy atom. The second-order valence-electron chi connectivity index (χ2n) is 16.8. The second-order valence-corrected chi connectivity index (χ2v) is 18.4. The van der Waals surface area contributed by atoms with Crippen LogP contribution >= 0.6 is 7.82 Å². The number of carbonyl (C=O) groups is 7. The number of nitrogens with zero attached hydrogens (tertiary/aromatic N) is 2. The van der Waals surface area contributed by atoms with E-state index in [1.807, 2.05) is 0 Å². The summed E-state index contributed by atoms with van der Waals surface area (Å²) >= 11 is 0. The maximum atomic E-state index is 14.6. The first-order chi connectivity index (χ1) is 34.9. The number of nitriles is 2. The van der Waals surface area contributed by atoms with Crippen molar-refractivity contribution in [2.24, 2.45) is 5.92 Å². The van der Waals surface area contributed by atoms with Gasteiger partial charge in [0.05, 0.1) is 83.4 Å². The van der Waals surface area contributed by atoms with E-state index in [9.17, 15) is 69.1 Å². The number of methoxy groups -OCH3 is 1. The Hall–Kier alpha value is -5.24. The predicted molar refractivity (Wildman–Crippen MR) is 238 cm³/mol. The molecule has 16 atom stereocenters. The van der Waals surface area contributed by atoms with Crippen LogP contribution in [-0.2, 0) is 104 Å². The number of ether oxygens (including phenoxy) is 11. The molecular weight excluding hydrogens is 1020 g/mol. The van der Waals surface area contributed by atoms with Crippen molar-refractivity contribution in [1.82, 2.24) is 5.32 Å². The van der Waals surface area contributed by atoms with Crippen LogP contribution in [-0.4, -0.2) is 200 Å². The van der Waals surface area contributed by atoms with Gasteiger partial charge in [-0.1, -0.05) is 6.08 Å². The summed E-state index contributed by atoms with van der Waals surface area (Å²) in [5.41, 5.74) is 0. The summed E-state index contributed by atoms with van der Waals surface area (Å²) in [5, 5.41) is 65.9. The van der Waals surface area contributed by atoms with Gasteiger partial charge in [0.1, 0.15) is 43.2 Å². The minimum atomic E-state index is -5.14. The monoisotopic (exact) mass is 1080 g/mol. The predicted octanol–water partition coefficient (Wildman–Crippen LogP) is -1.41. The maximum absolute atomic E-state index is 14.6. The van der Waals surface area contributed by atoms with Gasteiger partial charge in [-0.25, -0.2) is 9.36 Å². The zero-order valence-electron chi connectivity index (χ0n) is 41.6. The van der Waals surface area contributed by atoms with Gasteiger partial charge in [0.15, 0.2) is 30.7 Å². The molecule has 3 aliphatic rings. The van der Waals surface area contributed by atoms with Crippen molar-refractivity contribution in [3.8, 4) is 12.1 Å². The number of carbonyl (C=O) groups excluding carboxylic acids is 7. The van der Waals surface area contributed by atoms with Crippen LogP contribution in [0.3, 0.4) is 0 Å². The van der Waals surface area contributed by atoms with Crippen LogP contribution in [0.5, 0.6) is 0 Å². The fraction of sp³-hybridized carbons (Fsp3) is 0.750. The third kappa shape index (κ3) is 18.0. The molecule has 2 heterocycles. The summed E-state index contributed by atoms with van der Waals surface area (Å²) in [6.45, 7) is 5.30. The van der Waals surface area contributed by atoms with Gasteiger partial charge in [-0.05, 0) is 6.42 Å². The lowest BCUT2D eigenvalue weighted by atomic mass is 9.79. The van der Waals surface area contributed by atoms with Crippen LogP contribution in [0.2, 0.25) is 0 Å². The van der Waals surface area contributed by atoms with Gasteiger partial charge in [-0.15, -0.1) is 6.58 Å². The minimum Gasteiger partial charge on any atom is -0.465 e. The molecule has 3 fully saturated rings. The molecule has 416 valence electrons. The van der Waals surface area contributed by atoms with E-state index in [2.05, 4.69) is 11.9 Å². The van der Waals surface area contributed by atoms with Crippen LogP contribution in [0.4, 0.5) is 0 Å². The highest BCUT2D eigenvalue weighted by molar-refractivity contribution is 7.48. The van der Waals surface area contributed by atoms with Gasteiger partial charge in [0, 0.05) is 53.9 Å². The number of phosphoric ester groups is 1. The smallest absolute Gasteiger partial charge is 0.465 e. The number of hydrogen-bond donors (Lipinski definition) is 5. The molecule has 0 spiro atoms. The average molecular weight is 1080 g/mol. The Labute approximate surface area is 425 Å². The summed E-state index contributed by atoms with van der Waals surface area (Å²) in [4.78, 5) is 89.1. The molecule has 74 heavy (non-hydrogen) atoms. The van der Waals surface area contributed by atoms with E-state index in [4.69, 9.17) is 65.7 Å². The summed E-state index contributed by atoms with van der Waals surface area (Å²) in [6, 6.07) is 2.37. The van der Waals surface area contributed by atoms with Crippen molar-refractivity contribution >= 4 is 49.5 Å². The lowest BCUT2D eigenvalue weighted by Gasteiger charge is -2.51. The topological polar surface area (TPSA) is 406 Å². The molecule has 30 heteroatoms. The third-order valence-corrected chi connectivity index (χ3v) is 12.6. The molecule has 3 rings (SSSR count). The molecule has 0 aromatic carbocycles. The molecule has 1 saturated carbocycles. The van der Waals surface area contributed by atoms with Crippen molar-refractivity contribution in [3.63, 3.8) is 0 Å². The summed E-state index contributed by atoms with van der Waals surface area (Å²) in [5.74, 6) is -11.2. The lowest BCUT2D eigenvalue weighted by Crippen LogP contribution is -2.69. The van der Waals surface area contributed by atoms with E-state index >= 15 is 0 Å². The maximum Gasteiger partial charge on any atom is 0.475 e. The van der Waals surface area contributed by atoms with E-state index in [1.54, 1.807) is 12.1 Å². The summed E-state index contributed by atoms with van der Waals surface area (Å²) in [7, 11) is -4.25. The molecule has 1 amide bonds. The number of amides is 1. The molecule has 0 unspecified atom stereocenters. The second kappa shape index (κ2) is 29.7. The summed E-state index contributed by atoms with van der Waals surface area (Å²) in [6.07, 6.45) is -25.6. The van der Waals surface area contributed by atoms with Crippen molar-refractivity contribution in [3.05, 3.63) is 12.7 Å². The van der Waals surface area contributed by atoms with E-state index in [1.165, 1.54) is 13.0 Å². The Bertz CT molecular complexity index is 2060. The highest BCUT2D eigenvalue weighted by Crippen LogP contribution is 2.54. The zero-order valence-corrected chi connectivity index (χ0v) is 42.5. The van der Waals surface area contributed by atoms with Crippen molar-refractivity contribution in [1.29, 1.82) is 10.5 Å². The van der Waals surface area contributed by atoms with Crippen LogP contribution < -0.4 is 5.32 Å². The number of nitrogens with one attached hydrogen (secondary N) is 1. The molecule has 1 aliphatic carbocycles. The van der Waals surface area contributed by atoms with Crippen LogP contribution in [0, 0.1) is 28.6 Å². The average Bonchev–Trinajstić information content (AvgIpc) is 3.32. The number of phosphoric acid groups is 1. The van der Waals surface area contributed by atoms with Gasteiger partial charge >= 0.3 is 43.6 Å².